The van der Waals surface area contributed by atoms with Crippen molar-refractivity contribution in [3.63, 3.8) is 0 Å². The van der Waals surface area contributed by atoms with Gasteiger partial charge >= 0.3 is 6.09 Å². The van der Waals surface area contributed by atoms with Crippen molar-refractivity contribution < 1.29 is 43.5 Å². The highest BCUT2D eigenvalue weighted by atomic mass is 16.7. The molecule has 3 aliphatic rings. The van der Waals surface area contributed by atoms with Crippen LogP contribution in [0.1, 0.15) is 73.1 Å². The Hall–Kier alpha value is -6.24. The lowest BCUT2D eigenvalue weighted by molar-refractivity contribution is -0.256. The van der Waals surface area contributed by atoms with Crippen LogP contribution in [0.2, 0.25) is 0 Å². The number of oxime groups is 1. The number of rotatable bonds is 25. The summed E-state index contributed by atoms with van der Waals surface area (Å²) >= 11 is 0. The first-order valence-electron chi connectivity index (χ1n) is 24.5. The quantitative estimate of drug-likeness (QED) is 0.0334. The van der Waals surface area contributed by atoms with Gasteiger partial charge in [-0.1, -0.05) is 146 Å². The van der Waals surface area contributed by atoms with Crippen molar-refractivity contribution >= 4 is 22.6 Å². The molecule has 1 saturated carbocycles. The average molecular weight is 935 g/mol. The lowest BCUT2D eigenvalue weighted by Gasteiger charge is -2.59. The van der Waals surface area contributed by atoms with E-state index in [0.717, 1.165) is 64.3 Å². The predicted octanol–water partition coefficient (Wildman–Crippen LogP) is 11.1. The van der Waals surface area contributed by atoms with Crippen LogP contribution < -0.4 is 9.47 Å². The molecule has 11 heteroatoms. The number of allylic oxidation sites excluding steroid dienone is 1. The van der Waals surface area contributed by atoms with Crippen molar-refractivity contribution in [2.75, 3.05) is 39.6 Å². The number of hydrogen-bond acceptors (Lipinski definition) is 10. The van der Waals surface area contributed by atoms with Crippen molar-refractivity contribution in [2.45, 2.75) is 82.5 Å². The van der Waals surface area contributed by atoms with Gasteiger partial charge in [-0.15, -0.1) is 6.58 Å². The van der Waals surface area contributed by atoms with E-state index < -0.39 is 23.8 Å². The zero-order valence-corrected chi connectivity index (χ0v) is 39.5. The van der Waals surface area contributed by atoms with Crippen LogP contribution in [0.5, 0.6) is 11.5 Å². The van der Waals surface area contributed by atoms with E-state index in [-0.39, 0.29) is 70.4 Å². The van der Waals surface area contributed by atoms with E-state index in [2.05, 4.69) is 43.5 Å². The van der Waals surface area contributed by atoms with Crippen molar-refractivity contribution in [1.29, 1.82) is 0 Å². The molecule has 0 unspecified atom stereocenters. The highest BCUT2D eigenvalue weighted by Crippen LogP contribution is 2.62. The third kappa shape index (κ3) is 11.6. The summed E-state index contributed by atoms with van der Waals surface area (Å²) in [7, 11) is 0. The number of ether oxygens (including phenoxy) is 5. The van der Waals surface area contributed by atoms with Crippen LogP contribution in [0.3, 0.4) is 0 Å². The molecular weight excluding hydrogens is 869 g/mol. The zero-order valence-electron chi connectivity index (χ0n) is 39.5. The van der Waals surface area contributed by atoms with Crippen LogP contribution in [-0.2, 0) is 38.8 Å². The van der Waals surface area contributed by atoms with Crippen molar-refractivity contribution in [3.05, 3.63) is 181 Å². The number of aliphatic hydroxyl groups excluding tert-OH is 2. The van der Waals surface area contributed by atoms with Gasteiger partial charge in [-0.3, -0.25) is 4.90 Å². The van der Waals surface area contributed by atoms with E-state index in [1.54, 1.807) is 17.1 Å². The van der Waals surface area contributed by atoms with Crippen molar-refractivity contribution in [2.24, 2.45) is 22.9 Å². The zero-order chi connectivity index (χ0) is 47.8. The summed E-state index contributed by atoms with van der Waals surface area (Å²) in [5.74, 6) is -0.808. The first kappa shape index (κ1) is 49.2. The molecule has 8 rings (SSSR count). The second kappa shape index (κ2) is 24.4. The van der Waals surface area contributed by atoms with Gasteiger partial charge in [-0.25, -0.2) is 4.79 Å². The van der Waals surface area contributed by atoms with Crippen molar-refractivity contribution in [3.8, 4) is 11.5 Å². The first-order chi connectivity index (χ1) is 34.0. The molecule has 1 aliphatic heterocycles. The standard InChI is InChI=1S/C58H66N2O9/c1-3-32-65-47-28-29-53-51(37-47)55-49(27-14-16-31-62)45(23-13-15-30-61)36-50-52(59-68-41-43-20-9-6-10-21-43)38-54(58(69-53,56(50)55)67-33-4-2)60(39-46-25-17-24-44-22-11-12-26-48(44)46)57(63)66-35-34-64-40-42-18-7-5-8-19-42/h3-12,17-22,24-26,28-29,36-37,45,49,54-56,61-62H,1-2,13-16,23,27,30-35,38-41H2/t45-,49+,54-,55+,56+,58+/m0/s1. The van der Waals surface area contributed by atoms with E-state index in [1.165, 1.54) is 0 Å². The van der Waals surface area contributed by atoms with Crippen LogP contribution in [0.25, 0.3) is 10.8 Å². The Morgan fingerprint density at radius 3 is 2.26 bits per heavy atom. The maximum absolute atomic E-state index is 15.2. The van der Waals surface area contributed by atoms with Gasteiger partial charge in [-0.2, -0.15) is 0 Å². The topological polar surface area (TPSA) is 129 Å². The fourth-order valence-electron chi connectivity index (χ4n) is 10.6. The number of carbonyl (C=O) groups excluding carboxylic acids is 1. The second-order valence-electron chi connectivity index (χ2n) is 18.1. The molecule has 0 radical (unpaired) electrons. The summed E-state index contributed by atoms with van der Waals surface area (Å²) < 4.78 is 33.2. The first-order valence-corrected chi connectivity index (χ1v) is 24.5. The summed E-state index contributed by atoms with van der Waals surface area (Å²) in [5.41, 5.74) is 5.52. The molecule has 6 atom stereocenters. The van der Waals surface area contributed by atoms with Gasteiger partial charge < -0.3 is 38.7 Å². The number of carbonyl (C=O) groups is 1. The monoisotopic (exact) mass is 934 g/mol. The van der Waals surface area contributed by atoms with Crippen LogP contribution in [0.15, 0.2) is 163 Å². The molecule has 0 aromatic heterocycles. The normalized spacial score (nSPS) is 21.9. The molecule has 5 aromatic carbocycles. The highest BCUT2D eigenvalue weighted by Gasteiger charge is 2.65. The summed E-state index contributed by atoms with van der Waals surface area (Å²) in [5, 5.41) is 27.1. The molecule has 0 saturated heterocycles. The van der Waals surface area contributed by atoms with Crippen molar-refractivity contribution in [1.82, 2.24) is 4.90 Å². The van der Waals surface area contributed by atoms with Gasteiger partial charge in [0.2, 0.25) is 5.79 Å². The summed E-state index contributed by atoms with van der Waals surface area (Å²) in [4.78, 5) is 23.3. The number of aliphatic hydroxyl groups is 2. The van der Waals surface area contributed by atoms with Gasteiger partial charge in [0, 0.05) is 31.1 Å². The van der Waals surface area contributed by atoms with Gasteiger partial charge in [0.1, 0.15) is 37.4 Å². The second-order valence-corrected chi connectivity index (χ2v) is 18.1. The van der Waals surface area contributed by atoms with Gasteiger partial charge in [-0.05, 0) is 88.8 Å². The van der Waals surface area contributed by atoms with Crippen LogP contribution in [0.4, 0.5) is 4.79 Å². The molecule has 1 amide bonds. The van der Waals surface area contributed by atoms with E-state index in [9.17, 15) is 10.2 Å². The number of fused-ring (bicyclic) bond motifs is 3. The van der Waals surface area contributed by atoms with E-state index in [0.29, 0.717) is 43.3 Å². The van der Waals surface area contributed by atoms with Crippen LogP contribution >= 0.6 is 0 Å². The SMILES string of the molecule is C=CCOc1ccc2c(c1)[C@H]1[C@H](CCCCO)[C@@H](CCCCO)C=C3C(=NOCc4ccccc4)C[C@H](N(Cc4cccc5ccccc45)C(=O)OCCOCc4ccccc4)[C@@](OCC=C)(O2)[C@H]31. The molecule has 1 fully saturated rings. The lowest BCUT2D eigenvalue weighted by Crippen LogP contribution is -2.70. The number of hydrogen-bond donors (Lipinski definition) is 2. The number of nitrogens with zero attached hydrogens (tertiary/aromatic N) is 2. The Balaban J connectivity index is 1.29. The van der Waals surface area contributed by atoms with Crippen LogP contribution in [0, 0.1) is 17.8 Å². The largest absolute Gasteiger partial charge is 0.490 e. The van der Waals surface area contributed by atoms with Gasteiger partial charge in [0.15, 0.2) is 0 Å². The number of unbranched alkanes of at least 4 members (excludes halogenated alkanes) is 2. The molecule has 0 bridgehead atoms. The lowest BCUT2D eigenvalue weighted by atomic mass is 9.55. The Labute approximate surface area is 406 Å². The van der Waals surface area contributed by atoms with E-state index in [4.69, 9.17) is 33.7 Å². The smallest absolute Gasteiger partial charge is 0.410 e. The maximum Gasteiger partial charge on any atom is 0.410 e. The van der Waals surface area contributed by atoms with E-state index >= 15 is 4.79 Å². The molecule has 362 valence electrons. The Kier molecular flexibility index (Phi) is 17.4. The average Bonchev–Trinajstić information content (AvgIpc) is 3.38. The fraction of sp³-hybridized carbons (Fsp3) is 0.379. The Bertz CT molecular complexity index is 2520. The van der Waals surface area contributed by atoms with E-state index in [1.807, 2.05) is 97.1 Å². The molecule has 69 heavy (non-hydrogen) atoms. The minimum absolute atomic E-state index is 0.0168. The fourth-order valence-corrected chi connectivity index (χ4v) is 10.6. The third-order valence-electron chi connectivity index (χ3n) is 13.7. The number of amides is 1. The molecule has 2 aliphatic carbocycles. The molecule has 5 aromatic rings. The summed E-state index contributed by atoms with van der Waals surface area (Å²) in [6.45, 7) is 9.63. The molecule has 11 nitrogen and oxygen atoms in total. The minimum atomic E-state index is -1.49. The molecule has 2 N–H and O–H groups in total. The predicted molar refractivity (Wildman–Crippen MR) is 269 cm³/mol. The number of benzene rings is 5. The molecule has 0 spiro atoms. The summed E-state index contributed by atoms with van der Waals surface area (Å²) in [6.07, 6.45) is 10.0. The Morgan fingerprint density at radius 2 is 1.51 bits per heavy atom. The van der Waals surface area contributed by atoms with Gasteiger partial charge in [0.25, 0.3) is 0 Å². The van der Waals surface area contributed by atoms with Gasteiger partial charge in [0.05, 0.1) is 38.0 Å². The van der Waals surface area contributed by atoms with Crippen LogP contribution in [-0.4, -0.2) is 78.4 Å². The minimum Gasteiger partial charge on any atom is -0.490 e. The Morgan fingerprint density at radius 1 is 0.797 bits per heavy atom. The third-order valence-corrected chi connectivity index (χ3v) is 13.7. The highest BCUT2D eigenvalue weighted by molar-refractivity contribution is 6.03. The summed E-state index contributed by atoms with van der Waals surface area (Å²) in [6, 6.07) is 39.3. The molecular formula is C58H66N2O9. The maximum atomic E-state index is 15.2. The molecule has 1 heterocycles.